The average molecular weight is 198 g/mol. The Balaban J connectivity index is 2.75. The number of aliphatic hydroxyl groups is 1. The van der Waals surface area contributed by atoms with Crippen LogP contribution in [-0.2, 0) is 4.79 Å². The zero-order chi connectivity index (χ0) is 10.7. The quantitative estimate of drug-likeness (QED) is 0.633. The monoisotopic (exact) mass is 198 g/mol. The van der Waals surface area contributed by atoms with Crippen LogP contribution in [0.4, 0.5) is 0 Å². The third kappa shape index (κ3) is 1.96. The van der Waals surface area contributed by atoms with Crippen molar-refractivity contribution in [1.82, 2.24) is 9.80 Å². The molecule has 4 nitrogen and oxygen atoms in total. The summed E-state index contributed by atoms with van der Waals surface area (Å²) in [6, 6.07) is -0.108. The lowest BCUT2D eigenvalue weighted by Crippen LogP contribution is -2.60. The van der Waals surface area contributed by atoms with Gasteiger partial charge in [0.15, 0.2) is 0 Å². The Morgan fingerprint density at radius 3 is 2.86 bits per heavy atom. The van der Waals surface area contributed by atoms with Crippen molar-refractivity contribution in [2.75, 3.05) is 26.7 Å². The maximum atomic E-state index is 11.8. The summed E-state index contributed by atoms with van der Waals surface area (Å²) in [5.41, 5.74) is 0. The first-order valence-corrected chi connectivity index (χ1v) is 4.84. The van der Waals surface area contributed by atoms with Crippen LogP contribution in [0.1, 0.15) is 6.92 Å². The molecular weight excluding hydrogens is 180 g/mol. The molecule has 1 heterocycles. The van der Waals surface area contributed by atoms with Gasteiger partial charge in [-0.25, -0.2) is 0 Å². The van der Waals surface area contributed by atoms with Gasteiger partial charge in [-0.1, -0.05) is 6.08 Å². The molecule has 0 bridgehead atoms. The van der Waals surface area contributed by atoms with Gasteiger partial charge < -0.3 is 10.0 Å². The second-order valence-corrected chi connectivity index (χ2v) is 3.74. The Kier molecular flexibility index (Phi) is 3.66. The number of likely N-dealkylation sites (N-methyl/N-ethyl adjacent to an activating group) is 1. The van der Waals surface area contributed by atoms with E-state index in [2.05, 4.69) is 6.58 Å². The predicted molar refractivity (Wildman–Crippen MR) is 54.9 cm³/mol. The van der Waals surface area contributed by atoms with E-state index in [-0.39, 0.29) is 18.6 Å². The maximum absolute atomic E-state index is 11.8. The SMILES string of the molecule is C=CCN1CC(C)N(C)C(CO)C1=O. The van der Waals surface area contributed by atoms with E-state index in [1.54, 1.807) is 11.0 Å². The highest BCUT2D eigenvalue weighted by atomic mass is 16.3. The number of carbonyl (C=O) groups excluding carboxylic acids is 1. The Morgan fingerprint density at radius 1 is 1.71 bits per heavy atom. The third-order valence-corrected chi connectivity index (χ3v) is 2.79. The van der Waals surface area contributed by atoms with Crippen LogP contribution < -0.4 is 0 Å². The highest BCUT2D eigenvalue weighted by molar-refractivity contribution is 5.83. The topological polar surface area (TPSA) is 43.8 Å². The first kappa shape index (κ1) is 11.2. The van der Waals surface area contributed by atoms with E-state index in [4.69, 9.17) is 5.11 Å². The Bertz CT molecular complexity index is 230. The minimum absolute atomic E-state index is 0.00648. The van der Waals surface area contributed by atoms with Gasteiger partial charge in [0.2, 0.25) is 5.91 Å². The summed E-state index contributed by atoms with van der Waals surface area (Å²) in [7, 11) is 1.87. The second-order valence-electron chi connectivity index (χ2n) is 3.74. The van der Waals surface area contributed by atoms with Gasteiger partial charge in [-0.3, -0.25) is 9.69 Å². The Labute approximate surface area is 84.8 Å². The molecule has 4 heteroatoms. The van der Waals surface area contributed by atoms with Crippen molar-refractivity contribution in [3.8, 4) is 0 Å². The van der Waals surface area contributed by atoms with Crippen LogP contribution in [0.25, 0.3) is 0 Å². The van der Waals surface area contributed by atoms with Crippen LogP contribution in [-0.4, -0.2) is 59.6 Å². The van der Waals surface area contributed by atoms with Crippen molar-refractivity contribution < 1.29 is 9.90 Å². The normalized spacial score (nSPS) is 29.4. The highest BCUT2D eigenvalue weighted by Gasteiger charge is 2.35. The summed E-state index contributed by atoms with van der Waals surface area (Å²) in [5, 5.41) is 9.12. The minimum atomic E-state index is -0.390. The molecule has 0 aromatic rings. The molecule has 1 aliphatic rings. The van der Waals surface area contributed by atoms with Gasteiger partial charge in [0.25, 0.3) is 0 Å². The summed E-state index contributed by atoms with van der Waals surface area (Å²) in [4.78, 5) is 15.4. The highest BCUT2D eigenvalue weighted by Crippen LogP contribution is 2.14. The van der Waals surface area contributed by atoms with Crippen LogP contribution in [0.5, 0.6) is 0 Å². The van der Waals surface area contributed by atoms with E-state index in [1.165, 1.54) is 0 Å². The zero-order valence-electron chi connectivity index (χ0n) is 8.81. The zero-order valence-corrected chi connectivity index (χ0v) is 8.81. The van der Waals surface area contributed by atoms with Gasteiger partial charge in [0.05, 0.1) is 6.61 Å². The molecule has 2 unspecified atom stereocenters. The Hall–Kier alpha value is -0.870. The van der Waals surface area contributed by atoms with Crippen LogP contribution in [0.2, 0.25) is 0 Å². The number of aliphatic hydroxyl groups excluding tert-OH is 1. The lowest BCUT2D eigenvalue weighted by Gasteiger charge is -2.42. The smallest absolute Gasteiger partial charge is 0.242 e. The number of nitrogens with zero attached hydrogens (tertiary/aromatic N) is 2. The first-order chi connectivity index (χ1) is 6.61. The molecule has 1 amide bonds. The van der Waals surface area contributed by atoms with Crippen molar-refractivity contribution in [3.05, 3.63) is 12.7 Å². The number of hydrogen-bond donors (Lipinski definition) is 1. The molecule has 1 aliphatic heterocycles. The molecule has 1 rings (SSSR count). The standard InChI is InChI=1S/C10H18N2O2/c1-4-5-12-6-8(2)11(3)9(7-13)10(12)14/h4,8-9,13H,1,5-7H2,2-3H3. The van der Waals surface area contributed by atoms with Crippen molar-refractivity contribution in [2.45, 2.75) is 19.0 Å². The van der Waals surface area contributed by atoms with E-state index in [0.717, 1.165) is 0 Å². The molecule has 1 saturated heterocycles. The molecule has 0 spiro atoms. The van der Waals surface area contributed by atoms with Crippen molar-refractivity contribution in [2.24, 2.45) is 0 Å². The molecule has 1 fully saturated rings. The second kappa shape index (κ2) is 4.57. The van der Waals surface area contributed by atoms with Gasteiger partial charge in [0.1, 0.15) is 6.04 Å². The molecule has 0 aromatic heterocycles. The minimum Gasteiger partial charge on any atom is -0.394 e. The first-order valence-electron chi connectivity index (χ1n) is 4.84. The van der Waals surface area contributed by atoms with E-state index in [1.807, 2.05) is 18.9 Å². The van der Waals surface area contributed by atoms with Crippen molar-refractivity contribution in [3.63, 3.8) is 0 Å². The largest absolute Gasteiger partial charge is 0.394 e. The van der Waals surface area contributed by atoms with Gasteiger partial charge in [-0.05, 0) is 14.0 Å². The Morgan fingerprint density at radius 2 is 2.36 bits per heavy atom. The summed E-state index contributed by atoms with van der Waals surface area (Å²) < 4.78 is 0. The summed E-state index contributed by atoms with van der Waals surface area (Å²) in [6.45, 7) is 6.81. The van der Waals surface area contributed by atoms with Crippen LogP contribution >= 0.6 is 0 Å². The molecule has 0 aromatic carbocycles. The van der Waals surface area contributed by atoms with Crippen molar-refractivity contribution >= 4 is 5.91 Å². The van der Waals surface area contributed by atoms with E-state index in [9.17, 15) is 4.79 Å². The van der Waals surface area contributed by atoms with Crippen LogP contribution in [0.15, 0.2) is 12.7 Å². The van der Waals surface area contributed by atoms with Crippen LogP contribution in [0, 0.1) is 0 Å². The van der Waals surface area contributed by atoms with Crippen LogP contribution in [0.3, 0.4) is 0 Å². The fourth-order valence-electron chi connectivity index (χ4n) is 1.76. The number of amides is 1. The molecular formula is C10H18N2O2. The lowest BCUT2D eigenvalue weighted by atomic mass is 10.1. The molecule has 0 aliphatic carbocycles. The van der Waals surface area contributed by atoms with Gasteiger partial charge in [0, 0.05) is 19.1 Å². The lowest BCUT2D eigenvalue weighted by molar-refractivity contribution is -0.144. The van der Waals surface area contributed by atoms with Gasteiger partial charge in [-0.15, -0.1) is 6.58 Å². The molecule has 14 heavy (non-hydrogen) atoms. The molecule has 80 valence electrons. The maximum Gasteiger partial charge on any atom is 0.242 e. The fraction of sp³-hybridized carbons (Fsp3) is 0.700. The predicted octanol–water partition coefficient (Wildman–Crippen LogP) is -0.304. The summed E-state index contributed by atoms with van der Waals surface area (Å²) >= 11 is 0. The molecule has 0 radical (unpaired) electrons. The number of hydrogen-bond acceptors (Lipinski definition) is 3. The number of piperazine rings is 1. The molecule has 1 N–H and O–H groups in total. The molecule has 2 atom stereocenters. The number of carbonyl (C=O) groups is 1. The van der Waals surface area contributed by atoms with E-state index in [0.29, 0.717) is 13.1 Å². The van der Waals surface area contributed by atoms with Crippen molar-refractivity contribution in [1.29, 1.82) is 0 Å². The third-order valence-electron chi connectivity index (χ3n) is 2.79. The van der Waals surface area contributed by atoms with E-state index < -0.39 is 6.04 Å². The average Bonchev–Trinajstić information content (AvgIpc) is 2.16. The number of rotatable bonds is 3. The van der Waals surface area contributed by atoms with E-state index >= 15 is 0 Å². The molecule has 0 saturated carbocycles. The summed E-state index contributed by atoms with van der Waals surface area (Å²) in [5.74, 6) is -0.00648. The van der Waals surface area contributed by atoms with Gasteiger partial charge >= 0.3 is 0 Å². The van der Waals surface area contributed by atoms with Gasteiger partial charge in [-0.2, -0.15) is 0 Å². The fourth-order valence-corrected chi connectivity index (χ4v) is 1.76. The summed E-state index contributed by atoms with van der Waals surface area (Å²) in [6.07, 6.45) is 1.71.